The molecule has 0 spiro atoms. The number of carboxylic acids is 1. The molecule has 1 saturated carbocycles. The van der Waals surface area contributed by atoms with E-state index >= 15 is 0 Å². The normalized spacial score (nSPS) is 36.4. The second-order valence-electron chi connectivity index (χ2n) is 2.77. The predicted molar refractivity (Wildman–Crippen MR) is 31.7 cm³/mol. The highest BCUT2D eigenvalue weighted by Crippen LogP contribution is 2.41. The van der Waals surface area contributed by atoms with Gasteiger partial charge in [-0.05, 0) is 6.42 Å². The highest BCUT2D eigenvalue weighted by atomic mass is 35.5. The minimum atomic E-state index is -0.741. The quantitative estimate of drug-likeness (QED) is 0.446. The van der Waals surface area contributed by atoms with Gasteiger partial charge in [-0.15, -0.1) is 0 Å². The third-order valence-corrected chi connectivity index (χ3v) is 2.15. The zero-order valence-electron chi connectivity index (χ0n) is 5.93. The van der Waals surface area contributed by atoms with E-state index in [0.717, 1.165) is 12.8 Å². The molecular weight excluding hydrogens is 154 g/mol. The number of aliphatic carboxylic acids is 1. The molecule has 0 unspecified atom stereocenters. The Hall–Kier alpha value is -0.280. The van der Waals surface area contributed by atoms with Gasteiger partial charge in [0.1, 0.15) is 0 Å². The Morgan fingerprint density at radius 3 is 2.50 bits per heavy atom. The third-order valence-electron chi connectivity index (χ3n) is 2.15. The highest BCUT2D eigenvalue weighted by Gasteiger charge is 2.61. The monoisotopic (exact) mass is 165 g/mol. The van der Waals surface area contributed by atoms with E-state index < -0.39 is 11.5 Å². The van der Waals surface area contributed by atoms with Crippen molar-refractivity contribution in [1.29, 1.82) is 0 Å². The van der Waals surface area contributed by atoms with Crippen LogP contribution in [0.4, 0.5) is 0 Å². The van der Waals surface area contributed by atoms with Crippen molar-refractivity contribution < 1.29 is 28.0 Å². The van der Waals surface area contributed by atoms with Crippen LogP contribution in [0.5, 0.6) is 0 Å². The van der Waals surface area contributed by atoms with Gasteiger partial charge in [-0.25, -0.2) is 4.79 Å². The Bertz CT molecular complexity index is 151. The van der Waals surface area contributed by atoms with Gasteiger partial charge in [-0.1, -0.05) is 6.92 Å². The molecule has 4 heteroatoms. The van der Waals surface area contributed by atoms with Gasteiger partial charge >= 0.3 is 5.97 Å². The lowest BCUT2D eigenvalue weighted by Gasteiger charge is -1.97. The van der Waals surface area contributed by atoms with Crippen molar-refractivity contribution in [2.24, 2.45) is 5.92 Å². The summed E-state index contributed by atoms with van der Waals surface area (Å²) in [6, 6.07) is 0. The maximum atomic E-state index is 10.4. The Morgan fingerprint density at radius 2 is 2.40 bits per heavy atom. The zero-order chi connectivity index (χ0) is 7.07. The van der Waals surface area contributed by atoms with Crippen molar-refractivity contribution >= 4 is 5.97 Å². The Balaban J connectivity index is 0.000000810. The van der Waals surface area contributed by atoms with E-state index in [1.165, 1.54) is 0 Å². The summed E-state index contributed by atoms with van der Waals surface area (Å²) in [5.41, 5.74) is 3.02. The molecule has 0 bridgehead atoms. The first-order chi connectivity index (χ1) is 4.11. The first-order valence-corrected chi connectivity index (χ1v) is 3.20. The van der Waals surface area contributed by atoms with Crippen molar-refractivity contribution in [3.63, 3.8) is 0 Å². The third kappa shape index (κ3) is 1.25. The van der Waals surface area contributed by atoms with Gasteiger partial charge in [-0.3, -0.25) is 0 Å². The maximum absolute atomic E-state index is 10.4. The molecule has 0 aliphatic heterocycles. The molecule has 1 fully saturated rings. The average Bonchev–Trinajstić information content (AvgIpc) is 2.44. The van der Waals surface area contributed by atoms with Crippen LogP contribution in [0, 0.1) is 5.92 Å². The molecule has 0 heterocycles. The summed E-state index contributed by atoms with van der Waals surface area (Å²) < 4.78 is 0. The zero-order valence-corrected chi connectivity index (χ0v) is 6.69. The topological polar surface area (TPSA) is 64.9 Å². The molecule has 0 radical (unpaired) electrons. The van der Waals surface area contributed by atoms with Crippen LogP contribution in [0.1, 0.15) is 19.8 Å². The minimum absolute atomic E-state index is 0. The van der Waals surface area contributed by atoms with E-state index in [1.807, 2.05) is 6.92 Å². The largest absolute Gasteiger partial charge is 1.00 e. The summed E-state index contributed by atoms with van der Waals surface area (Å²) in [6.07, 6.45) is 1.70. The first-order valence-electron chi connectivity index (χ1n) is 3.20. The molecule has 0 aromatic rings. The van der Waals surface area contributed by atoms with Crippen molar-refractivity contribution in [2.75, 3.05) is 0 Å². The van der Waals surface area contributed by atoms with E-state index in [0.29, 0.717) is 5.92 Å². The fourth-order valence-electron chi connectivity index (χ4n) is 1.18. The van der Waals surface area contributed by atoms with E-state index in [4.69, 9.17) is 5.11 Å². The molecule has 0 aromatic heterocycles. The van der Waals surface area contributed by atoms with Gasteiger partial charge in [-0.2, -0.15) is 0 Å². The van der Waals surface area contributed by atoms with E-state index in [-0.39, 0.29) is 12.4 Å². The summed E-state index contributed by atoms with van der Waals surface area (Å²) in [5.74, 6) is -0.413. The molecule has 10 heavy (non-hydrogen) atoms. The smallest absolute Gasteiger partial charge is 0.365 e. The van der Waals surface area contributed by atoms with Crippen LogP contribution < -0.4 is 18.1 Å². The van der Waals surface area contributed by atoms with Crippen LogP contribution in [-0.2, 0) is 4.79 Å². The van der Waals surface area contributed by atoms with Gasteiger partial charge in [0.25, 0.3) is 0 Å². The van der Waals surface area contributed by atoms with E-state index in [1.54, 1.807) is 0 Å². The molecule has 3 nitrogen and oxygen atoms in total. The van der Waals surface area contributed by atoms with Crippen molar-refractivity contribution in [3.05, 3.63) is 0 Å². The second-order valence-corrected chi connectivity index (χ2v) is 2.77. The summed E-state index contributed by atoms with van der Waals surface area (Å²) >= 11 is 0. The van der Waals surface area contributed by atoms with Crippen molar-refractivity contribution in [1.82, 2.24) is 0 Å². The fourth-order valence-corrected chi connectivity index (χ4v) is 1.18. The molecule has 4 N–H and O–H groups in total. The molecule has 2 atom stereocenters. The number of carboxylic acid groups (broad SMARTS) is 1. The molecule has 60 valence electrons. The standard InChI is InChI=1S/C6H11NO2.ClH/c1-2-4-3-6(4,7)5(8)9;/h4H,2-3,7H2,1H3,(H,8,9);1H/t4-,6-;/m0./s1. The van der Waals surface area contributed by atoms with Crippen molar-refractivity contribution in [2.45, 2.75) is 25.3 Å². The number of carbonyl (C=O) groups is 1. The predicted octanol–water partition coefficient (Wildman–Crippen LogP) is -3.51. The van der Waals surface area contributed by atoms with Gasteiger partial charge in [0, 0.05) is 12.3 Å². The van der Waals surface area contributed by atoms with Crippen LogP contribution in [0.25, 0.3) is 0 Å². The van der Waals surface area contributed by atoms with Gasteiger partial charge in [0.15, 0.2) is 5.54 Å². The minimum Gasteiger partial charge on any atom is -1.00 e. The van der Waals surface area contributed by atoms with Gasteiger partial charge < -0.3 is 23.2 Å². The molecular formula is C6H12ClNO2. The summed E-state index contributed by atoms with van der Waals surface area (Å²) in [7, 11) is 0. The van der Waals surface area contributed by atoms with Crippen LogP contribution in [0.3, 0.4) is 0 Å². The van der Waals surface area contributed by atoms with Gasteiger partial charge in [0.05, 0.1) is 0 Å². The number of halogens is 1. The molecule has 0 saturated heterocycles. The fraction of sp³-hybridized carbons (Fsp3) is 0.833. The van der Waals surface area contributed by atoms with Crippen LogP contribution >= 0.6 is 0 Å². The van der Waals surface area contributed by atoms with Crippen molar-refractivity contribution in [3.8, 4) is 0 Å². The van der Waals surface area contributed by atoms with Crippen LogP contribution in [0.15, 0.2) is 0 Å². The SMILES string of the molecule is CC[C@H]1C[C@@]1([NH3+])C(=O)O.[Cl-]. The number of hydrogen-bond donors (Lipinski definition) is 2. The second kappa shape index (κ2) is 2.76. The van der Waals surface area contributed by atoms with E-state index in [2.05, 4.69) is 5.73 Å². The van der Waals surface area contributed by atoms with Crippen LogP contribution in [0.2, 0.25) is 0 Å². The Kier molecular flexibility index (Phi) is 2.68. The highest BCUT2D eigenvalue weighted by molar-refractivity contribution is 5.80. The lowest BCUT2D eigenvalue weighted by molar-refractivity contribution is -0.429. The molecule has 1 aliphatic rings. The Morgan fingerprint density at radius 1 is 1.90 bits per heavy atom. The van der Waals surface area contributed by atoms with E-state index in [9.17, 15) is 4.79 Å². The lowest BCUT2D eigenvalue weighted by Crippen LogP contribution is -3.00. The lowest BCUT2D eigenvalue weighted by atomic mass is 10.2. The van der Waals surface area contributed by atoms with Crippen LogP contribution in [-0.4, -0.2) is 16.6 Å². The molecule has 1 aliphatic carbocycles. The summed E-state index contributed by atoms with van der Waals surface area (Å²) in [5, 5.41) is 8.55. The number of quaternary nitrogens is 1. The molecule has 0 amide bonds. The first kappa shape index (κ1) is 9.72. The molecule has 1 rings (SSSR count). The van der Waals surface area contributed by atoms with Gasteiger partial charge in [0.2, 0.25) is 0 Å². The summed E-state index contributed by atoms with van der Waals surface area (Å²) in [4.78, 5) is 10.4. The maximum Gasteiger partial charge on any atom is 0.365 e. The average molecular weight is 166 g/mol. The number of hydrogen-bond acceptors (Lipinski definition) is 1. The summed E-state index contributed by atoms with van der Waals surface area (Å²) in [6.45, 7) is 2.00. The Labute approximate surface area is 66.0 Å². The number of rotatable bonds is 2. The molecule has 0 aromatic carbocycles.